The highest BCUT2D eigenvalue weighted by molar-refractivity contribution is 6.05. The van der Waals surface area contributed by atoms with Crippen molar-refractivity contribution in [3.05, 3.63) is 12.1 Å². The van der Waals surface area contributed by atoms with Crippen molar-refractivity contribution in [3.8, 4) is 23.8 Å². The Hall–Kier alpha value is -2.35. The Morgan fingerprint density at radius 3 is 2.55 bits per heavy atom. The maximum Gasteiger partial charge on any atom is 0.250 e. The standard InChI is InChI=1S/C15H18N2O3/c1-5-7-17-12-9-14(20-4)13(19-3)8-11(12)16-10(6-2)15(17)18/h1,8-10,16H,6-7H2,2-4H3. The average molecular weight is 274 g/mol. The largest absolute Gasteiger partial charge is 0.493 e. The summed E-state index contributed by atoms with van der Waals surface area (Å²) in [5.41, 5.74) is 1.54. The summed E-state index contributed by atoms with van der Waals surface area (Å²) in [5.74, 6) is 3.68. The SMILES string of the molecule is C#CCN1C(=O)C(CC)Nc2cc(OC)c(OC)cc21. The molecule has 0 fully saturated rings. The fourth-order valence-corrected chi connectivity index (χ4v) is 2.29. The molecule has 0 saturated heterocycles. The van der Waals surface area contributed by atoms with Gasteiger partial charge in [-0.2, -0.15) is 0 Å². The van der Waals surface area contributed by atoms with E-state index >= 15 is 0 Å². The molecule has 20 heavy (non-hydrogen) atoms. The number of nitrogens with zero attached hydrogens (tertiary/aromatic N) is 1. The summed E-state index contributed by atoms with van der Waals surface area (Å²) in [7, 11) is 3.14. The smallest absolute Gasteiger partial charge is 0.250 e. The average Bonchev–Trinajstić information content (AvgIpc) is 2.48. The Kier molecular flexibility index (Phi) is 4.04. The molecule has 1 aromatic rings. The second-order valence-electron chi connectivity index (χ2n) is 4.46. The molecule has 1 aromatic carbocycles. The molecule has 5 nitrogen and oxygen atoms in total. The van der Waals surface area contributed by atoms with Crippen LogP contribution >= 0.6 is 0 Å². The van der Waals surface area contributed by atoms with Gasteiger partial charge in [0.1, 0.15) is 6.04 Å². The first-order chi connectivity index (χ1) is 9.65. The maximum absolute atomic E-state index is 12.4. The first-order valence-corrected chi connectivity index (χ1v) is 6.43. The van der Waals surface area contributed by atoms with Crippen LogP contribution in [0.1, 0.15) is 13.3 Å². The zero-order chi connectivity index (χ0) is 14.7. The number of ether oxygens (including phenoxy) is 2. The van der Waals surface area contributed by atoms with Gasteiger partial charge in [-0.05, 0) is 6.42 Å². The third-order valence-electron chi connectivity index (χ3n) is 3.34. The van der Waals surface area contributed by atoms with E-state index in [0.29, 0.717) is 17.9 Å². The minimum Gasteiger partial charge on any atom is -0.493 e. The van der Waals surface area contributed by atoms with Crippen molar-refractivity contribution in [2.24, 2.45) is 0 Å². The summed E-state index contributed by atoms with van der Waals surface area (Å²) in [4.78, 5) is 14.0. The van der Waals surface area contributed by atoms with Crippen LogP contribution in [0.2, 0.25) is 0 Å². The number of hydrogen-bond donors (Lipinski definition) is 1. The van der Waals surface area contributed by atoms with Gasteiger partial charge in [0.05, 0.1) is 32.1 Å². The van der Waals surface area contributed by atoms with Gasteiger partial charge in [-0.3, -0.25) is 9.69 Å². The molecule has 1 aliphatic heterocycles. The molecule has 1 N–H and O–H groups in total. The van der Waals surface area contributed by atoms with E-state index in [9.17, 15) is 4.79 Å². The van der Waals surface area contributed by atoms with Gasteiger partial charge in [-0.1, -0.05) is 12.8 Å². The Morgan fingerprint density at radius 2 is 2.00 bits per heavy atom. The van der Waals surface area contributed by atoms with Crippen LogP contribution < -0.4 is 19.7 Å². The lowest BCUT2D eigenvalue weighted by Gasteiger charge is -2.34. The topological polar surface area (TPSA) is 50.8 Å². The normalized spacial score (nSPS) is 17.0. The lowest BCUT2D eigenvalue weighted by molar-refractivity contribution is -0.119. The molecular formula is C15H18N2O3. The fourth-order valence-electron chi connectivity index (χ4n) is 2.29. The lowest BCUT2D eigenvalue weighted by atomic mass is 10.1. The summed E-state index contributed by atoms with van der Waals surface area (Å²) in [6.45, 7) is 2.19. The highest BCUT2D eigenvalue weighted by Crippen LogP contribution is 2.41. The molecule has 1 atom stereocenters. The van der Waals surface area contributed by atoms with Crippen LogP contribution in [0, 0.1) is 12.3 Å². The Bertz CT molecular complexity index is 563. The first-order valence-electron chi connectivity index (χ1n) is 6.43. The van der Waals surface area contributed by atoms with Gasteiger partial charge in [0.25, 0.3) is 0 Å². The second-order valence-corrected chi connectivity index (χ2v) is 4.46. The zero-order valence-electron chi connectivity index (χ0n) is 11.9. The van der Waals surface area contributed by atoms with Crippen LogP contribution in [0.25, 0.3) is 0 Å². The number of rotatable bonds is 4. The zero-order valence-corrected chi connectivity index (χ0v) is 11.9. The molecule has 1 heterocycles. The minimum absolute atomic E-state index is 0.0230. The summed E-state index contributed by atoms with van der Waals surface area (Å²) >= 11 is 0. The number of carbonyl (C=O) groups is 1. The Balaban J connectivity index is 2.54. The molecule has 1 unspecified atom stereocenters. The van der Waals surface area contributed by atoms with Crippen molar-refractivity contribution < 1.29 is 14.3 Å². The highest BCUT2D eigenvalue weighted by Gasteiger charge is 2.32. The molecule has 5 heteroatoms. The van der Waals surface area contributed by atoms with E-state index in [-0.39, 0.29) is 18.5 Å². The molecule has 0 saturated carbocycles. The maximum atomic E-state index is 12.4. The van der Waals surface area contributed by atoms with E-state index in [2.05, 4.69) is 11.2 Å². The van der Waals surface area contributed by atoms with Crippen molar-refractivity contribution in [3.63, 3.8) is 0 Å². The van der Waals surface area contributed by atoms with Crippen molar-refractivity contribution in [2.75, 3.05) is 31.0 Å². The molecule has 2 rings (SSSR count). The molecule has 1 amide bonds. The highest BCUT2D eigenvalue weighted by atomic mass is 16.5. The fraction of sp³-hybridized carbons (Fsp3) is 0.400. The molecule has 1 aliphatic rings. The quantitative estimate of drug-likeness (QED) is 0.852. The molecule has 0 spiro atoms. The molecule has 0 radical (unpaired) electrons. The van der Waals surface area contributed by atoms with Gasteiger partial charge >= 0.3 is 0 Å². The lowest BCUT2D eigenvalue weighted by Crippen LogP contribution is -2.47. The second kappa shape index (κ2) is 5.74. The van der Waals surface area contributed by atoms with Crippen LogP contribution in [0.4, 0.5) is 11.4 Å². The number of nitrogens with one attached hydrogen (secondary N) is 1. The van der Waals surface area contributed by atoms with Gasteiger partial charge in [0, 0.05) is 12.1 Å². The molecule has 0 aromatic heterocycles. The Labute approximate surface area is 118 Å². The molecule has 106 valence electrons. The number of terminal acetylenes is 1. The van der Waals surface area contributed by atoms with Crippen molar-refractivity contribution in [2.45, 2.75) is 19.4 Å². The molecule has 0 aliphatic carbocycles. The van der Waals surface area contributed by atoms with Crippen LogP contribution in [-0.2, 0) is 4.79 Å². The molecule has 0 bridgehead atoms. The number of methoxy groups -OCH3 is 2. The number of carbonyl (C=O) groups excluding carboxylic acids is 1. The number of anilines is 2. The van der Waals surface area contributed by atoms with E-state index in [1.807, 2.05) is 13.0 Å². The minimum atomic E-state index is -0.269. The van der Waals surface area contributed by atoms with Crippen molar-refractivity contribution >= 4 is 17.3 Å². The number of amides is 1. The van der Waals surface area contributed by atoms with Gasteiger partial charge < -0.3 is 14.8 Å². The summed E-state index contributed by atoms with van der Waals surface area (Å²) in [6, 6.07) is 3.32. The monoisotopic (exact) mass is 274 g/mol. The third kappa shape index (κ3) is 2.25. The van der Waals surface area contributed by atoms with E-state index in [1.54, 1.807) is 25.2 Å². The van der Waals surface area contributed by atoms with Crippen molar-refractivity contribution in [1.29, 1.82) is 0 Å². The number of fused-ring (bicyclic) bond motifs is 1. The van der Waals surface area contributed by atoms with Crippen LogP contribution in [0.15, 0.2) is 12.1 Å². The van der Waals surface area contributed by atoms with E-state index in [1.165, 1.54) is 0 Å². The van der Waals surface area contributed by atoms with Crippen molar-refractivity contribution in [1.82, 2.24) is 0 Å². The number of hydrogen-bond acceptors (Lipinski definition) is 4. The predicted octanol–water partition coefficient (Wildman–Crippen LogP) is 1.87. The van der Waals surface area contributed by atoms with Gasteiger partial charge in [0.2, 0.25) is 5.91 Å². The summed E-state index contributed by atoms with van der Waals surface area (Å²) < 4.78 is 10.6. The van der Waals surface area contributed by atoms with E-state index in [0.717, 1.165) is 11.4 Å². The summed E-state index contributed by atoms with van der Waals surface area (Å²) in [6.07, 6.45) is 6.06. The first kappa shape index (κ1) is 14.1. The van der Waals surface area contributed by atoms with Gasteiger partial charge in [-0.15, -0.1) is 6.42 Å². The van der Waals surface area contributed by atoms with Gasteiger partial charge in [0.15, 0.2) is 11.5 Å². The van der Waals surface area contributed by atoms with Crippen LogP contribution in [-0.4, -0.2) is 32.7 Å². The van der Waals surface area contributed by atoms with Gasteiger partial charge in [-0.25, -0.2) is 0 Å². The van der Waals surface area contributed by atoms with Crippen LogP contribution in [0.5, 0.6) is 11.5 Å². The molecular weight excluding hydrogens is 256 g/mol. The van der Waals surface area contributed by atoms with E-state index < -0.39 is 0 Å². The van der Waals surface area contributed by atoms with Crippen LogP contribution in [0.3, 0.4) is 0 Å². The summed E-state index contributed by atoms with van der Waals surface area (Å²) in [5, 5.41) is 3.22. The third-order valence-corrected chi connectivity index (χ3v) is 3.34. The number of benzene rings is 1. The Morgan fingerprint density at radius 1 is 1.35 bits per heavy atom. The predicted molar refractivity (Wildman–Crippen MR) is 78.4 cm³/mol. The van der Waals surface area contributed by atoms with E-state index in [4.69, 9.17) is 15.9 Å².